The van der Waals surface area contributed by atoms with E-state index < -0.39 is 5.97 Å². The van der Waals surface area contributed by atoms with Crippen molar-refractivity contribution in [3.05, 3.63) is 16.1 Å². The monoisotopic (exact) mass is 281 g/mol. The van der Waals surface area contributed by atoms with E-state index >= 15 is 0 Å². The van der Waals surface area contributed by atoms with E-state index in [-0.39, 0.29) is 17.8 Å². The fourth-order valence-electron chi connectivity index (χ4n) is 1.26. The molecule has 1 aromatic heterocycles. The summed E-state index contributed by atoms with van der Waals surface area (Å²) in [6, 6.07) is -0.659. The molecule has 0 saturated carbocycles. The van der Waals surface area contributed by atoms with Crippen LogP contribution >= 0.6 is 11.3 Å². The van der Waals surface area contributed by atoms with Crippen LogP contribution in [0, 0.1) is 11.8 Å². The van der Waals surface area contributed by atoms with Crippen molar-refractivity contribution in [3.8, 4) is 11.8 Å². The van der Waals surface area contributed by atoms with Crippen LogP contribution in [-0.2, 0) is 0 Å². The highest BCUT2D eigenvalue weighted by molar-refractivity contribution is 7.09. The summed E-state index contributed by atoms with van der Waals surface area (Å²) >= 11 is 1.20. The molecule has 102 valence electrons. The Morgan fingerprint density at radius 2 is 2.32 bits per heavy atom. The normalized spacial score (nSPS) is 11.1. The Bertz CT molecular complexity index is 516. The van der Waals surface area contributed by atoms with Crippen molar-refractivity contribution < 1.29 is 14.7 Å². The van der Waals surface area contributed by atoms with Gasteiger partial charge in [0.1, 0.15) is 5.01 Å². The lowest BCUT2D eigenvalue weighted by Crippen LogP contribution is -2.37. The average molecular weight is 281 g/mol. The molecule has 6 nitrogen and oxygen atoms in total. The maximum atomic E-state index is 11.5. The second-order valence-electron chi connectivity index (χ2n) is 3.67. The molecular formula is C12H15N3O3S. The van der Waals surface area contributed by atoms with Gasteiger partial charge in [-0.2, -0.15) is 0 Å². The average Bonchev–Trinajstić information content (AvgIpc) is 2.84. The molecule has 1 aromatic rings. The van der Waals surface area contributed by atoms with Gasteiger partial charge in [-0.3, -0.25) is 0 Å². The number of aromatic nitrogens is 1. The first-order chi connectivity index (χ1) is 9.04. The van der Waals surface area contributed by atoms with Gasteiger partial charge in [0.05, 0.1) is 6.04 Å². The second kappa shape index (κ2) is 7.38. The number of aromatic carboxylic acids is 1. The predicted octanol–water partition coefficient (Wildman–Crippen LogP) is 1.61. The highest BCUT2D eigenvalue weighted by Crippen LogP contribution is 2.17. The summed E-state index contributed by atoms with van der Waals surface area (Å²) in [4.78, 5) is 26.1. The molecule has 7 heteroatoms. The van der Waals surface area contributed by atoms with Crippen LogP contribution in [0.15, 0.2) is 5.38 Å². The minimum atomic E-state index is -1.07. The number of carboxylic acid groups (broad SMARTS) is 1. The highest BCUT2D eigenvalue weighted by atomic mass is 32.1. The first kappa shape index (κ1) is 15.0. The van der Waals surface area contributed by atoms with E-state index in [1.807, 2.05) is 0 Å². The zero-order valence-corrected chi connectivity index (χ0v) is 11.5. The Labute approximate surface area is 115 Å². The van der Waals surface area contributed by atoms with Crippen molar-refractivity contribution in [2.45, 2.75) is 26.3 Å². The fraction of sp³-hybridized carbons (Fsp3) is 0.417. The molecule has 0 aliphatic carbocycles. The Morgan fingerprint density at radius 1 is 1.58 bits per heavy atom. The van der Waals surface area contributed by atoms with Crippen LogP contribution < -0.4 is 10.6 Å². The molecule has 1 unspecified atom stereocenters. The standard InChI is InChI=1S/C12H15N3O3S/c1-3-4-5-6-13-12(18)14-8(2)10-15-9(7-19-10)11(16)17/h7-8H,5-6H2,1-2H3,(H,16,17)(H2,13,14,18). The molecule has 1 heterocycles. The van der Waals surface area contributed by atoms with E-state index in [4.69, 9.17) is 5.11 Å². The summed E-state index contributed by atoms with van der Waals surface area (Å²) in [7, 11) is 0. The largest absolute Gasteiger partial charge is 0.476 e. The Morgan fingerprint density at radius 3 is 2.89 bits per heavy atom. The third-order valence-corrected chi connectivity index (χ3v) is 3.20. The van der Waals surface area contributed by atoms with Crippen LogP contribution in [0.4, 0.5) is 4.79 Å². The van der Waals surface area contributed by atoms with Crippen LogP contribution in [-0.4, -0.2) is 28.6 Å². The number of nitrogens with one attached hydrogen (secondary N) is 2. The van der Waals surface area contributed by atoms with Gasteiger partial charge in [0.25, 0.3) is 0 Å². The number of nitrogens with zero attached hydrogens (tertiary/aromatic N) is 1. The smallest absolute Gasteiger partial charge is 0.355 e. The van der Waals surface area contributed by atoms with E-state index in [0.29, 0.717) is 18.0 Å². The third-order valence-electron chi connectivity index (χ3n) is 2.17. The van der Waals surface area contributed by atoms with Gasteiger partial charge in [0.15, 0.2) is 5.69 Å². The molecule has 0 saturated heterocycles. The minimum absolute atomic E-state index is 0.00715. The summed E-state index contributed by atoms with van der Waals surface area (Å²) in [6.07, 6.45) is 0.596. The van der Waals surface area contributed by atoms with Crippen LogP contribution in [0.25, 0.3) is 0 Å². The zero-order chi connectivity index (χ0) is 14.3. The van der Waals surface area contributed by atoms with Crippen molar-refractivity contribution in [2.75, 3.05) is 6.54 Å². The molecule has 3 N–H and O–H groups in total. The molecule has 0 bridgehead atoms. The number of carbonyl (C=O) groups excluding carboxylic acids is 1. The molecule has 19 heavy (non-hydrogen) atoms. The van der Waals surface area contributed by atoms with Gasteiger partial charge in [0.2, 0.25) is 0 Å². The van der Waals surface area contributed by atoms with E-state index in [0.717, 1.165) is 0 Å². The molecule has 0 radical (unpaired) electrons. The molecule has 0 aromatic carbocycles. The van der Waals surface area contributed by atoms with Gasteiger partial charge >= 0.3 is 12.0 Å². The Kier molecular flexibility index (Phi) is 5.82. The van der Waals surface area contributed by atoms with Gasteiger partial charge in [-0.25, -0.2) is 14.6 Å². The lowest BCUT2D eigenvalue weighted by molar-refractivity contribution is 0.0691. The van der Waals surface area contributed by atoms with Crippen LogP contribution in [0.2, 0.25) is 0 Å². The molecule has 0 aliphatic rings. The number of carboxylic acids is 1. The van der Waals surface area contributed by atoms with E-state index in [9.17, 15) is 9.59 Å². The number of rotatable bonds is 5. The fourth-order valence-corrected chi connectivity index (χ4v) is 2.06. The first-order valence-electron chi connectivity index (χ1n) is 5.67. The Balaban J connectivity index is 2.44. The van der Waals surface area contributed by atoms with Gasteiger partial charge in [-0.05, 0) is 13.8 Å². The molecule has 0 aliphatic heterocycles. The number of amides is 2. The van der Waals surface area contributed by atoms with Crippen LogP contribution in [0.1, 0.15) is 41.8 Å². The summed E-state index contributed by atoms with van der Waals surface area (Å²) in [6.45, 7) is 3.96. The number of urea groups is 1. The molecular weight excluding hydrogens is 266 g/mol. The van der Waals surface area contributed by atoms with Gasteiger partial charge < -0.3 is 15.7 Å². The Hall–Kier alpha value is -2.07. The van der Waals surface area contributed by atoms with E-state index in [1.165, 1.54) is 16.7 Å². The van der Waals surface area contributed by atoms with Gasteiger partial charge in [0, 0.05) is 18.3 Å². The van der Waals surface area contributed by atoms with E-state index in [2.05, 4.69) is 27.5 Å². The van der Waals surface area contributed by atoms with Gasteiger partial charge in [-0.15, -0.1) is 23.2 Å². The number of hydrogen-bond acceptors (Lipinski definition) is 4. The molecule has 0 fully saturated rings. The first-order valence-corrected chi connectivity index (χ1v) is 6.55. The van der Waals surface area contributed by atoms with Crippen molar-refractivity contribution >= 4 is 23.3 Å². The lowest BCUT2D eigenvalue weighted by Gasteiger charge is -2.11. The highest BCUT2D eigenvalue weighted by Gasteiger charge is 2.15. The second-order valence-corrected chi connectivity index (χ2v) is 4.56. The predicted molar refractivity (Wildman–Crippen MR) is 72.1 cm³/mol. The summed E-state index contributed by atoms with van der Waals surface area (Å²) in [5.41, 5.74) is -0.00715. The van der Waals surface area contributed by atoms with Crippen LogP contribution in [0.3, 0.4) is 0 Å². The van der Waals surface area contributed by atoms with Gasteiger partial charge in [-0.1, -0.05) is 0 Å². The number of thiazole rings is 1. The molecule has 1 rings (SSSR count). The zero-order valence-electron chi connectivity index (χ0n) is 10.7. The third kappa shape index (κ3) is 4.97. The quantitative estimate of drug-likeness (QED) is 0.565. The number of carbonyl (C=O) groups is 2. The molecule has 1 atom stereocenters. The topological polar surface area (TPSA) is 91.3 Å². The summed E-state index contributed by atoms with van der Waals surface area (Å²) < 4.78 is 0. The SMILES string of the molecule is CC#CCCNC(=O)NC(C)c1nc(C(=O)O)cs1. The summed E-state index contributed by atoms with van der Waals surface area (Å²) in [5.74, 6) is 4.50. The van der Waals surface area contributed by atoms with Crippen LogP contribution in [0.5, 0.6) is 0 Å². The van der Waals surface area contributed by atoms with Crippen molar-refractivity contribution in [3.63, 3.8) is 0 Å². The molecule has 2 amide bonds. The van der Waals surface area contributed by atoms with E-state index in [1.54, 1.807) is 13.8 Å². The summed E-state index contributed by atoms with van der Waals surface area (Å²) in [5, 5.41) is 16.1. The maximum Gasteiger partial charge on any atom is 0.355 e. The minimum Gasteiger partial charge on any atom is -0.476 e. The lowest BCUT2D eigenvalue weighted by atomic mass is 10.3. The molecule has 0 spiro atoms. The van der Waals surface area contributed by atoms with Crippen molar-refractivity contribution in [1.29, 1.82) is 0 Å². The van der Waals surface area contributed by atoms with Crippen molar-refractivity contribution in [2.24, 2.45) is 0 Å². The van der Waals surface area contributed by atoms with Crippen molar-refractivity contribution in [1.82, 2.24) is 15.6 Å². The number of hydrogen-bond donors (Lipinski definition) is 3. The maximum absolute atomic E-state index is 11.5.